The molecule has 0 saturated carbocycles. The fourth-order valence-electron chi connectivity index (χ4n) is 1.65. The zero-order valence-corrected chi connectivity index (χ0v) is 9.20. The van der Waals surface area contributed by atoms with Crippen molar-refractivity contribution in [2.75, 3.05) is 6.61 Å². The molecule has 0 aliphatic carbocycles. The fraction of sp³-hybridized carbons (Fsp3) is 0.600. The number of hydrogen-bond donors (Lipinski definition) is 1. The van der Waals surface area contributed by atoms with E-state index in [-0.39, 0.29) is 11.9 Å². The molecule has 1 amide bonds. The lowest BCUT2D eigenvalue weighted by Gasteiger charge is -2.06. The lowest BCUT2D eigenvalue weighted by molar-refractivity contribution is 0.0936. The Bertz CT molecular complexity index is 396. The number of hydrogen-bond acceptors (Lipinski definition) is 3. The van der Waals surface area contributed by atoms with Gasteiger partial charge in [-0.25, -0.2) is 4.68 Å². The van der Waals surface area contributed by atoms with Gasteiger partial charge >= 0.3 is 0 Å². The summed E-state index contributed by atoms with van der Waals surface area (Å²) in [5.41, 5.74) is 1.30. The Labute approximate surface area is 88.4 Å². The maximum atomic E-state index is 11.7. The van der Waals surface area contributed by atoms with Crippen LogP contribution < -0.4 is 10.1 Å². The Morgan fingerprint density at radius 1 is 1.60 bits per heavy atom. The first-order valence-electron chi connectivity index (χ1n) is 5.10. The molecule has 0 bridgehead atoms. The van der Waals surface area contributed by atoms with E-state index in [4.69, 9.17) is 4.74 Å². The normalized spacial score (nSPS) is 13.9. The van der Waals surface area contributed by atoms with E-state index in [2.05, 4.69) is 10.4 Å². The van der Waals surface area contributed by atoms with Crippen molar-refractivity contribution in [3.8, 4) is 5.88 Å². The number of aromatic nitrogens is 2. The first-order chi connectivity index (χ1) is 7.09. The SMILES string of the molecule is Cc1c(C(=O)NC(C)C)nn2c1OCC2. The Hall–Kier alpha value is -1.52. The average molecular weight is 209 g/mol. The van der Waals surface area contributed by atoms with Crippen molar-refractivity contribution >= 4 is 5.91 Å². The van der Waals surface area contributed by atoms with Crippen LogP contribution in [-0.4, -0.2) is 28.3 Å². The number of carbonyl (C=O) groups is 1. The summed E-state index contributed by atoms with van der Waals surface area (Å²) in [6.45, 7) is 7.08. The van der Waals surface area contributed by atoms with E-state index in [1.165, 1.54) is 0 Å². The predicted molar refractivity (Wildman–Crippen MR) is 55.1 cm³/mol. The number of fused-ring (bicyclic) bond motifs is 1. The molecule has 0 unspecified atom stereocenters. The molecule has 0 atom stereocenters. The van der Waals surface area contributed by atoms with Crippen molar-refractivity contribution in [1.29, 1.82) is 0 Å². The molecule has 1 aromatic rings. The van der Waals surface area contributed by atoms with Gasteiger partial charge in [0, 0.05) is 11.6 Å². The second kappa shape index (κ2) is 3.56. The molecule has 5 nitrogen and oxygen atoms in total. The summed E-state index contributed by atoms with van der Waals surface area (Å²) < 4.78 is 7.13. The van der Waals surface area contributed by atoms with Gasteiger partial charge in [-0.2, -0.15) is 5.10 Å². The third-order valence-corrected chi connectivity index (χ3v) is 2.31. The summed E-state index contributed by atoms with van der Waals surface area (Å²) in [6.07, 6.45) is 0. The van der Waals surface area contributed by atoms with Crippen LogP contribution in [0, 0.1) is 6.92 Å². The summed E-state index contributed by atoms with van der Waals surface area (Å²) in [7, 11) is 0. The Morgan fingerprint density at radius 3 is 2.93 bits per heavy atom. The molecule has 1 aliphatic rings. The van der Waals surface area contributed by atoms with E-state index < -0.39 is 0 Å². The Morgan fingerprint density at radius 2 is 2.33 bits per heavy atom. The highest BCUT2D eigenvalue weighted by Crippen LogP contribution is 2.25. The van der Waals surface area contributed by atoms with Crippen LogP contribution >= 0.6 is 0 Å². The van der Waals surface area contributed by atoms with Crippen molar-refractivity contribution in [3.63, 3.8) is 0 Å². The fourth-order valence-corrected chi connectivity index (χ4v) is 1.65. The molecule has 0 fully saturated rings. The first kappa shape index (κ1) is 10.0. The van der Waals surface area contributed by atoms with Gasteiger partial charge in [0.05, 0.1) is 6.54 Å². The van der Waals surface area contributed by atoms with Crippen LogP contribution in [-0.2, 0) is 6.54 Å². The monoisotopic (exact) mass is 209 g/mol. The Balaban J connectivity index is 2.26. The lowest BCUT2D eigenvalue weighted by Crippen LogP contribution is -2.31. The van der Waals surface area contributed by atoms with Crippen molar-refractivity contribution in [2.45, 2.75) is 33.4 Å². The first-order valence-corrected chi connectivity index (χ1v) is 5.10. The molecule has 82 valence electrons. The van der Waals surface area contributed by atoms with E-state index in [1.54, 1.807) is 4.68 Å². The molecule has 5 heteroatoms. The van der Waals surface area contributed by atoms with Crippen molar-refractivity contribution in [1.82, 2.24) is 15.1 Å². The third kappa shape index (κ3) is 1.69. The van der Waals surface area contributed by atoms with Crippen molar-refractivity contribution < 1.29 is 9.53 Å². The summed E-state index contributed by atoms with van der Waals surface area (Å²) in [5, 5.41) is 7.04. The molecule has 2 heterocycles. The third-order valence-electron chi connectivity index (χ3n) is 2.31. The van der Waals surface area contributed by atoms with E-state index in [1.807, 2.05) is 20.8 Å². The zero-order chi connectivity index (χ0) is 11.0. The standard InChI is InChI=1S/C10H15N3O2/c1-6(2)11-9(14)8-7(3)10-13(12-8)4-5-15-10/h6H,4-5H2,1-3H3,(H,11,14). The van der Waals surface area contributed by atoms with E-state index in [0.717, 1.165) is 18.0 Å². The molecule has 2 rings (SSSR count). The van der Waals surface area contributed by atoms with Gasteiger partial charge in [0.2, 0.25) is 5.88 Å². The molecule has 0 saturated heterocycles. The molecule has 1 aliphatic heterocycles. The zero-order valence-electron chi connectivity index (χ0n) is 9.20. The summed E-state index contributed by atoms with van der Waals surface area (Å²) in [6, 6.07) is 0.120. The predicted octanol–water partition coefficient (Wildman–Crippen LogP) is 0.722. The Kier molecular flexibility index (Phi) is 2.38. The number of nitrogens with zero attached hydrogens (tertiary/aromatic N) is 2. The lowest BCUT2D eigenvalue weighted by atomic mass is 10.2. The molecule has 0 radical (unpaired) electrons. The number of nitrogens with one attached hydrogen (secondary N) is 1. The average Bonchev–Trinajstić information content (AvgIpc) is 2.67. The van der Waals surface area contributed by atoms with Crippen LogP contribution in [0.3, 0.4) is 0 Å². The smallest absolute Gasteiger partial charge is 0.272 e. The highest BCUT2D eigenvalue weighted by atomic mass is 16.5. The maximum absolute atomic E-state index is 11.7. The van der Waals surface area contributed by atoms with Gasteiger partial charge in [-0.15, -0.1) is 0 Å². The molecule has 0 spiro atoms. The number of amides is 1. The van der Waals surface area contributed by atoms with Crippen LogP contribution in [0.1, 0.15) is 29.9 Å². The van der Waals surface area contributed by atoms with Gasteiger partial charge in [-0.05, 0) is 20.8 Å². The topological polar surface area (TPSA) is 56.2 Å². The molecule has 1 aromatic heterocycles. The van der Waals surface area contributed by atoms with E-state index in [9.17, 15) is 4.79 Å². The minimum absolute atomic E-state index is 0.120. The molecule has 1 N–H and O–H groups in total. The molecule has 0 aromatic carbocycles. The van der Waals surface area contributed by atoms with Crippen LogP contribution in [0.2, 0.25) is 0 Å². The van der Waals surface area contributed by atoms with Crippen LogP contribution in [0.15, 0.2) is 0 Å². The largest absolute Gasteiger partial charge is 0.476 e. The molecular weight excluding hydrogens is 194 g/mol. The van der Waals surface area contributed by atoms with E-state index >= 15 is 0 Å². The number of rotatable bonds is 2. The minimum atomic E-state index is -0.131. The second-order valence-electron chi connectivity index (χ2n) is 3.98. The van der Waals surface area contributed by atoms with Crippen LogP contribution in [0.5, 0.6) is 5.88 Å². The van der Waals surface area contributed by atoms with Gasteiger partial charge < -0.3 is 10.1 Å². The van der Waals surface area contributed by atoms with Gasteiger partial charge in [-0.1, -0.05) is 0 Å². The quantitative estimate of drug-likeness (QED) is 0.781. The molecule has 15 heavy (non-hydrogen) atoms. The second-order valence-corrected chi connectivity index (χ2v) is 3.98. The highest BCUT2D eigenvalue weighted by Gasteiger charge is 2.24. The highest BCUT2D eigenvalue weighted by molar-refractivity contribution is 5.94. The van der Waals surface area contributed by atoms with Crippen LogP contribution in [0.4, 0.5) is 0 Å². The summed E-state index contributed by atoms with van der Waals surface area (Å²) in [4.78, 5) is 11.7. The van der Waals surface area contributed by atoms with Gasteiger partial charge in [-0.3, -0.25) is 4.79 Å². The minimum Gasteiger partial charge on any atom is -0.476 e. The number of ether oxygens (including phenoxy) is 1. The summed E-state index contributed by atoms with van der Waals surface area (Å²) in [5.74, 6) is 0.594. The van der Waals surface area contributed by atoms with Crippen LogP contribution in [0.25, 0.3) is 0 Å². The van der Waals surface area contributed by atoms with Crippen molar-refractivity contribution in [2.24, 2.45) is 0 Å². The van der Waals surface area contributed by atoms with Crippen molar-refractivity contribution in [3.05, 3.63) is 11.3 Å². The number of carbonyl (C=O) groups excluding carboxylic acids is 1. The van der Waals surface area contributed by atoms with Gasteiger partial charge in [0.1, 0.15) is 6.61 Å². The van der Waals surface area contributed by atoms with E-state index in [0.29, 0.717) is 12.3 Å². The van der Waals surface area contributed by atoms with Gasteiger partial charge in [0.25, 0.3) is 5.91 Å². The van der Waals surface area contributed by atoms with Gasteiger partial charge in [0.15, 0.2) is 5.69 Å². The maximum Gasteiger partial charge on any atom is 0.272 e. The molecular formula is C10H15N3O2. The summed E-state index contributed by atoms with van der Waals surface area (Å²) >= 11 is 0.